The zero-order valence-electron chi connectivity index (χ0n) is 16.0. The van der Waals surface area contributed by atoms with Gasteiger partial charge in [-0.2, -0.15) is 5.10 Å². The van der Waals surface area contributed by atoms with Crippen LogP contribution in [0.25, 0.3) is 33.3 Å². The van der Waals surface area contributed by atoms with E-state index in [-0.39, 0.29) is 11.6 Å². The van der Waals surface area contributed by atoms with E-state index < -0.39 is 4.92 Å². The van der Waals surface area contributed by atoms with Crippen LogP contribution in [0.1, 0.15) is 10.4 Å². The lowest BCUT2D eigenvalue weighted by Gasteiger charge is -2.10. The van der Waals surface area contributed by atoms with Gasteiger partial charge in [-0.3, -0.25) is 14.9 Å². The number of nitro benzene ring substituents is 1. The number of hydrogen-bond acceptors (Lipinski definition) is 6. The number of carbonyl (C=O) groups excluding carboxylic acids is 1. The Balaban J connectivity index is 1.69. The summed E-state index contributed by atoms with van der Waals surface area (Å²) in [6.45, 7) is 0. The van der Waals surface area contributed by atoms with Crippen LogP contribution in [-0.4, -0.2) is 15.8 Å². The van der Waals surface area contributed by atoms with Crippen molar-refractivity contribution in [2.75, 3.05) is 0 Å². The summed E-state index contributed by atoms with van der Waals surface area (Å²) in [5.74, 6) is 0.124. The van der Waals surface area contributed by atoms with E-state index in [2.05, 4.69) is 15.5 Å². The van der Waals surface area contributed by atoms with Gasteiger partial charge in [0.25, 0.3) is 11.6 Å². The molecule has 0 fully saturated rings. The number of benzene rings is 4. The highest BCUT2D eigenvalue weighted by atomic mass is 16.6. The Bertz CT molecular complexity index is 1510. The minimum absolute atomic E-state index is 0.0610. The molecule has 0 saturated heterocycles. The molecule has 0 radical (unpaired) electrons. The number of aromatic nitrogens is 1. The van der Waals surface area contributed by atoms with E-state index in [1.54, 1.807) is 30.3 Å². The molecule has 0 aromatic heterocycles. The van der Waals surface area contributed by atoms with Gasteiger partial charge in [0.2, 0.25) is 0 Å². The van der Waals surface area contributed by atoms with Gasteiger partial charge in [0.15, 0.2) is 11.3 Å². The van der Waals surface area contributed by atoms with Crippen LogP contribution in [0.3, 0.4) is 0 Å². The first-order valence-corrected chi connectivity index (χ1v) is 9.40. The summed E-state index contributed by atoms with van der Waals surface area (Å²) < 4.78 is 5.96. The lowest BCUT2D eigenvalue weighted by molar-refractivity contribution is -0.384. The molecule has 1 amide bonds. The largest absolute Gasteiger partial charge is 0.453 e. The molecule has 0 bridgehead atoms. The number of nitrogens with zero attached hydrogens (tertiary/aromatic N) is 3. The second-order valence-electron chi connectivity index (χ2n) is 6.83. The van der Waals surface area contributed by atoms with Crippen molar-refractivity contribution in [2.24, 2.45) is 5.10 Å². The second-order valence-corrected chi connectivity index (χ2v) is 6.83. The molecule has 0 saturated carbocycles. The number of carbonyl (C=O) groups is 1. The minimum atomic E-state index is -0.471. The average molecular weight is 410 g/mol. The van der Waals surface area contributed by atoms with Crippen molar-refractivity contribution in [3.63, 3.8) is 0 Å². The summed E-state index contributed by atoms with van der Waals surface area (Å²) in [5, 5.41) is 17.4. The first kappa shape index (κ1) is 18.4. The number of non-ortho nitro benzene ring substituents is 1. The molecule has 150 valence electrons. The number of rotatable bonds is 3. The Morgan fingerprint density at radius 2 is 1.71 bits per heavy atom. The van der Waals surface area contributed by atoms with E-state index in [4.69, 9.17) is 4.42 Å². The highest BCUT2D eigenvalue weighted by Crippen LogP contribution is 2.31. The summed E-state index contributed by atoms with van der Waals surface area (Å²) in [4.78, 5) is 27.6. The maximum absolute atomic E-state index is 12.4. The van der Waals surface area contributed by atoms with Gasteiger partial charge >= 0.3 is 0 Å². The summed E-state index contributed by atoms with van der Waals surface area (Å²) in [6, 6.07) is 22.2. The minimum Gasteiger partial charge on any atom is -0.453 e. The highest BCUT2D eigenvalue weighted by molar-refractivity contribution is 5.97. The molecule has 0 unspecified atom stereocenters. The first-order valence-electron chi connectivity index (χ1n) is 9.40. The molecule has 3 aromatic carbocycles. The quantitative estimate of drug-likeness (QED) is 0.207. The Hall–Kier alpha value is -4.59. The van der Waals surface area contributed by atoms with Crippen molar-refractivity contribution in [3.05, 3.63) is 99.9 Å². The van der Waals surface area contributed by atoms with E-state index >= 15 is 0 Å². The Morgan fingerprint density at radius 3 is 2.48 bits per heavy atom. The van der Waals surface area contributed by atoms with Crippen LogP contribution in [-0.2, 0) is 0 Å². The fourth-order valence-electron chi connectivity index (χ4n) is 3.40. The summed E-state index contributed by atoms with van der Waals surface area (Å²) in [6.07, 6.45) is 0. The maximum atomic E-state index is 12.4. The van der Waals surface area contributed by atoms with Crippen molar-refractivity contribution in [2.45, 2.75) is 0 Å². The maximum Gasteiger partial charge on any atom is 0.271 e. The second kappa shape index (κ2) is 7.34. The van der Waals surface area contributed by atoms with Crippen molar-refractivity contribution in [1.29, 1.82) is 0 Å². The van der Waals surface area contributed by atoms with Crippen LogP contribution in [0.4, 0.5) is 5.69 Å². The molecule has 1 N–H and O–H groups in total. The number of nitrogens with one attached hydrogen (secondary N) is 1. The average Bonchev–Trinajstić information content (AvgIpc) is 2.81. The number of amides is 1. The zero-order chi connectivity index (χ0) is 21.4. The number of nitro groups is 1. The van der Waals surface area contributed by atoms with Crippen molar-refractivity contribution < 1.29 is 14.1 Å². The van der Waals surface area contributed by atoms with Crippen molar-refractivity contribution in [1.82, 2.24) is 10.4 Å². The normalized spacial score (nSPS) is 11.8. The van der Waals surface area contributed by atoms with Gasteiger partial charge in [-0.25, -0.2) is 10.4 Å². The third-order valence-corrected chi connectivity index (χ3v) is 4.88. The smallest absolute Gasteiger partial charge is 0.271 e. The Labute approximate surface area is 175 Å². The summed E-state index contributed by atoms with van der Waals surface area (Å²) >= 11 is 0. The number of hydrogen-bond donors (Lipinski definition) is 1. The van der Waals surface area contributed by atoms with Crippen LogP contribution in [0.2, 0.25) is 0 Å². The van der Waals surface area contributed by atoms with Gasteiger partial charge < -0.3 is 4.42 Å². The third kappa shape index (κ3) is 3.36. The van der Waals surface area contributed by atoms with E-state index in [9.17, 15) is 14.9 Å². The fourth-order valence-corrected chi connectivity index (χ4v) is 3.40. The Morgan fingerprint density at radius 1 is 0.968 bits per heavy atom. The van der Waals surface area contributed by atoms with Crippen LogP contribution in [0.15, 0.2) is 88.4 Å². The SMILES string of the molecule is O=C(N/N=c1\cc2oc3ccc([N+](=O)[O-])cc3nc-2c2ccccc12)c1ccccc1. The molecule has 1 aliphatic carbocycles. The lowest BCUT2D eigenvalue weighted by Crippen LogP contribution is -2.21. The van der Waals surface area contributed by atoms with Crippen LogP contribution >= 0.6 is 0 Å². The third-order valence-electron chi connectivity index (χ3n) is 4.88. The van der Waals surface area contributed by atoms with E-state index in [0.29, 0.717) is 33.5 Å². The van der Waals surface area contributed by atoms with Gasteiger partial charge in [-0.15, -0.1) is 0 Å². The number of fused-ring (bicyclic) bond motifs is 4. The molecule has 8 heteroatoms. The van der Waals surface area contributed by atoms with E-state index in [1.165, 1.54) is 18.2 Å². The Kier molecular flexibility index (Phi) is 4.37. The molecule has 3 aromatic rings. The van der Waals surface area contributed by atoms with Crippen LogP contribution < -0.4 is 10.8 Å². The monoisotopic (exact) mass is 410 g/mol. The molecule has 1 heterocycles. The molecule has 31 heavy (non-hydrogen) atoms. The fraction of sp³-hybridized carbons (Fsp3) is 0. The predicted octanol–water partition coefficient (Wildman–Crippen LogP) is 4.24. The molecule has 1 aliphatic heterocycles. The highest BCUT2D eigenvalue weighted by Gasteiger charge is 2.17. The molecular formula is C23H14N4O4. The summed E-state index contributed by atoms with van der Waals surface area (Å²) in [5.41, 5.74) is 4.36. The zero-order valence-corrected chi connectivity index (χ0v) is 16.0. The van der Waals surface area contributed by atoms with E-state index in [0.717, 1.165) is 10.8 Å². The molecular weight excluding hydrogens is 396 g/mol. The van der Waals surface area contributed by atoms with Gasteiger partial charge in [-0.05, 0) is 18.2 Å². The lowest BCUT2D eigenvalue weighted by atomic mass is 10.0. The molecule has 2 aliphatic rings. The van der Waals surface area contributed by atoms with Crippen LogP contribution in [0.5, 0.6) is 0 Å². The van der Waals surface area contributed by atoms with Crippen molar-refractivity contribution >= 4 is 33.5 Å². The van der Waals surface area contributed by atoms with Gasteiger partial charge in [-0.1, -0.05) is 42.5 Å². The molecule has 0 atom stereocenters. The molecule has 0 spiro atoms. The molecule has 8 nitrogen and oxygen atoms in total. The van der Waals surface area contributed by atoms with Gasteiger partial charge in [0, 0.05) is 34.5 Å². The first-order chi connectivity index (χ1) is 15.1. The standard InChI is InChI=1S/C23H14N4O4/c28-23(14-6-2-1-3-7-14)26-25-18-13-21-22(17-9-5-4-8-16(17)18)24-19-12-15(27(29)30)10-11-20(19)31-21/h1-13H,(H,26,28)/b25-18+. The summed E-state index contributed by atoms with van der Waals surface area (Å²) in [7, 11) is 0. The van der Waals surface area contributed by atoms with Crippen molar-refractivity contribution in [3.8, 4) is 11.5 Å². The predicted molar refractivity (Wildman–Crippen MR) is 114 cm³/mol. The topological polar surface area (TPSA) is 111 Å². The molecule has 5 rings (SSSR count). The van der Waals surface area contributed by atoms with Gasteiger partial charge in [0.1, 0.15) is 11.2 Å². The van der Waals surface area contributed by atoms with E-state index in [1.807, 2.05) is 30.3 Å². The van der Waals surface area contributed by atoms with Crippen LogP contribution in [0, 0.1) is 10.1 Å². The van der Waals surface area contributed by atoms with Gasteiger partial charge in [0.05, 0.1) is 10.3 Å².